The zero-order valence-electron chi connectivity index (χ0n) is 8.85. The number of nitrogens with zero attached hydrogens (tertiary/aromatic N) is 2. The lowest BCUT2D eigenvalue weighted by Gasteiger charge is -2.19. The van der Waals surface area contributed by atoms with Gasteiger partial charge in [0.15, 0.2) is 5.76 Å². The molecule has 0 aliphatic carbocycles. The molecule has 0 unspecified atom stereocenters. The third kappa shape index (κ3) is 1.74. The molecule has 1 fully saturated rings. The van der Waals surface area contributed by atoms with E-state index in [-0.39, 0.29) is 6.04 Å². The van der Waals surface area contributed by atoms with Gasteiger partial charge in [-0.1, -0.05) is 11.6 Å². The minimum atomic E-state index is 0.199. The molecule has 1 aliphatic heterocycles. The van der Waals surface area contributed by atoms with Crippen molar-refractivity contribution in [2.45, 2.75) is 25.3 Å². The molecule has 0 bridgehead atoms. The highest BCUT2D eigenvalue weighted by Crippen LogP contribution is 2.24. The molecular weight excluding hydrogens is 206 g/mol. The topological polar surface area (TPSA) is 64.1 Å². The second kappa shape index (κ2) is 4.09. The molecule has 0 spiro atoms. The third-order valence-electron chi connectivity index (χ3n) is 2.79. The second-order valence-corrected chi connectivity index (χ2v) is 3.94. The molecule has 1 atom stereocenters. The second-order valence-electron chi connectivity index (χ2n) is 3.94. The van der Waals surface area contributed by atoms with Gasteiger partial charge in [0, 0.05) is 0 Å². The molecule has 84 valence electrons. The molecule has 1 N–H and O–H groups in total. The minimum Gasteiger partial charge on any atom is -0.461 e. The first-order valence-corrected chi connectivity index (χ1v) is 5.54. The predicted molar refractivity (Wildman–Crippen MR) is 56.6 cm³/mol. The zero-order chi connectivity index (χ0) is 10.8. The Bertz CT molecular complexity index is 444. The molecule has 2 aromatic rings. The van der Waals surface area contributed by atoms with Crippen molar-refractivity contribution >= 4 is 0 Å². The number of piperidine rings is 1. The Morgan fingerprint density at radius 3 is 3.12 bits per heavy atom. The van der Waals surface area contributed by atoms with Crippen LogP contribution in [0.3, 0.4) is 0 Å². The van der Waals surface area contributed by atoms with Gasteiger partial charge in [-0.3, -0.25) is 0 Å². The first-order valence-electron chi connectivity index (χ1n) is 5.54. The van der Waals surface area contributed by atoms with Gasteiger partial charge in [-0.25, -0.2) is 0 Å². The van der Waals surface area contributed by atoms with Crippen LogP contribution in [0, 0.1) is 0 Å². The van der Waals surface area contributed by atoms with Crippen molar-refractivity contribution in [3.63, 3.8) is 0 Å². The van der Waals surface area contributed by atoms with Gasteiger partial charge in [0.25, 0.3) is 0 Å². The standard InChI is InChI=1S/C11H13N3O2/c1-2-6-12-8(4-1)11-13-10(14-16-11)9-5-3-7-15-9/h3,5,7-8,12H,1-2,4,6H2/t8-/m1/s1. The quantitative estimate of drug-likeness (QED) is 0.838. The number of hydrogen-bond acceptors (Lipinski definition) is 5. The Balaban J connectivity index is 1.82. The summed E-state index contributed by atoms with van der Waals surface area (Å²) in [6, 6.07) is 3.83. The van der Waals surface area contributed by atoms with Crippen LogP contribution in [0.5, 0.6) is 0 Å². The average molecular weight is 219 g/mol. The Hall–Kier alpha value is -1.62. The summed E-state index contributed by atoms with van der Waals surface area (Å²) in [7, 11) is 0. The average Bonchev–Trinajstić information content (AvgIpc) is 3.01. The third-order valence-corrected chi connectivity index (χ3v) is 2.79. The number of aromatic nitrogens is 2. The summed E-state index contributed by atoms with van der Waals surface area (Å²) >= 11 is 0. The lowest BCUT2D eigenvalue weighted by molar-refractivity contribution is 0.297. The van der Waals surface area contributed by atoms with E-state index in [0.29, 0.717) is 17.5 Å². The normalized spacial score (nSPS) is 21.1. The first-order chi connectivity index (χ1) is 7.93. The van der Waals surface area contributed by atoms with Crippen LogP contribution in [0.1, 0.15) is 31.2 Å². The van der Waals surface area contributed by atoms with E-state index < -0.39 is 0 Å². The van der Waals surface area contributed by atoms with Gasteiger partial charge in [0.05, 0.1) is 12.3 Å². The van der Waals surface area contributed by atoms with E-state index in [2.05, 4.69) is 15.5 Å². The highest BCUT2D eigenvalue weighted by atomic mass is 16.5. The van der Waals surface area contributed by atoms with Gasteiger partial charge >= 0.3 is 0 Å². The summed E-state index contributed by atoms with van der Waals surface area (Å²) < 4.78 is 10.5. The fourth-order valence-corrected chi connectivity index (χ4v) is 1.95. The summed E-state index contributed by atoms with van der Waals surface area (Å²) in [4.78, 5) is 4.34. The van der Waals surface area contributed by atoms with E-state index >= 15 is 0 Å². The van der Waals surface area contributed by atoms with E-state index in [1.54, 1.807) is 6.26 Å². The van der Waals surface area contributed by atoms with E-state index in [1.165, 1.54) is 12.8 Å². The summed E-state index contributed by atoms with van der Waals surface area (Å²) in [6.45, 7) is 1.02. The summed E-state index contributed by atoms with van der Waals surface area (Å²) in [5.74, 6) is 1.82. The fraction of sp³-hybridized carbons (Fsp3) is 0.455. The van der Waals surface area contributed by atoms with Gasteiger partial charge in [-0.05, 0) is 31.5 Å². The van der Waals surface area contributed by atoms with Gasteiger partial charge in [-0.15, -0.1) is 0 Å². The molecule has 0 aromatic carbocycles. The Kier molecular flexibility index (Phi) is 2.46. The molecule has 0 saturated carbocycles. The number of furan rings is 1. The van der Waals surface area contributed by atoms with Crippen LogP contribution in [0.15, 0.2) is 27.3 Å². The largest absolute Gasteiger partial charge is 0.461 e. The van der Waals surface area contributed by atoms with Crippen LogP contribution in [-0.2, 0) is 0 Å². The van der Waals surface area contributed by atoms with Crippen molar-refractivity contribution in [2.75, 3.05) is 6.54 Å². The maximum absolute atomic E-state index is 5.24. The van der Waals surface area contributed by atoms with E-state index in [9.17, 15) is 0 Å². The summed E-state index contributed by atoms with van der Waals surface area (Å²) in [5.41, 5.74) is 0. The Morgan fingerprint density at radius 2 is 2.38 bits per heavy atom. The van der Waals surface area contributed by atoms with Crippen LogP contribution >= 0.6 is 0 Å². The molecule has 1 saturated heterocycles. The predicted octanol–water partition coefficient (Wildman–Crippen LogP) is 2.14. The molecule has 0 amide bonds. The monoisotopic (exact) mass is 219 g/mol. The van der Waals surface area contributed by atoms with Crippen LogP contribution in [0.25, 0.3) is 11.6 Å². The first kappa shape index (κ1) is 9.59. The van der Waals surface area contributed by atoms with Crippen molar-refractivity contribution in [3.8, 4) is 11.6 Å². The molecule has 3 rings (SSSR count). The van der Waals surface area contributed by atoms with Crippen LogP contribution in [0.2, 0.25) is 0 Å². The van der Waals surface area contributed by atoms with Gasteiger partial charge in [0.1, 0.15) is 0 Å². The lowest BCUT2D eigenvalue weighted by atomic mass is 10.1. The zero-order valence-corrected chi connectivity index (χ0v) is 8.85. The van der Waals surface area contributed by atoms with Gasteiger partial charge in [-0.2, -0.15) is 4.98 Å². The van der Waals surface area contributed by atoms with Gasteiger partial charge < -0.3 is 14.3 Å². The Morgan fingerprint density at radius 1 is 1.38 bits per heavy atom. The van der Waals surface area contributed by atoms with Crippen molar-refractivity contribution in [1.29, 1.82) is 0 Å². The van der Waals surface area contributed by atoms with Crippen LogP contribution < -0.4 is 5.32 Å². The van der Waals surface area contributed by atoms with E-state index in [4.69, 9.17) is 8.94 Å². The highest BCUT2D eigenvalue weighted by Gasteiger charge is 2.21. The van der Waals surface area contributed by atoms with Crippen molar-refractivity contribution in [3.05, 3.63) is 24.3 Å². The van der Waals surface area contributed by atoms with Crippen molar-refractivity contribution in [1.82, 2.24) is 15.5 Å². The van der Waals surface area contributed by atoms with E-state index in [0.717, 1.165) is 13.0 Å². The fourth-order valence-electron chi connectivity index (χ4n) is 1.95. The van der Waals surface area contributed by atoms with E-state index in [1.807, 2.05) is 12.1 Å². The lowest BCUT2D eigenvalue weighted by Crippen LogP contribution is -2.26. The molecule has 2 aromatic heterocycles. The van der Waals surface area contributed by atoms with Gasteiger partial charge in [0.2, 0.25) is 11.7 Å². The van der Waals surface area contributed by atoms with Crippen LogP contribution in [-0.4, -0.2) is 16.7 Å². The molecule has 3 heterocycles. The highest BCUT2D eigenvalue weighted by molar-refractivity contribution is 5.44. The smallest absolute Gasteiger partial charge is 0.244 e. The minimum absolute atomic E-state index is 0.199. The number of rotatable bonds is 2. The molecule has 5 heteroatoms. The molecular formula is C11H13N3O2. The summed E-state index contributed by atoms with van der Waals surface area (Å²) in [6.07, 6.45) is 5.08. The number of nitrogens with one attached hydrogen (secondary N) is 1. The molecule has 16 heavy (non-hydrogen) atoms. The van der Waals surface area contributed by atoms with Crippen molar-refractivity contribution < 1.29 is 8.94 Å². The van der Waals surface area contributed by atoms with Crippen LogP contribution in [0.4, 0.5) is 0 Å². The Labute approximate surface area is 92.8 Å². The van der Waals surface area contributed by atoms with Crippen molar-refractivity contribution in [2.24, 2.45) is 0 Å². The summed E-state index contributed by atoms with van der Waals surface area (Å²) in [5, 5.41) is 7.28. The molecule has 5 nitrogen and oxygen atoms in total. The molecule has 1 aliphatic rings. The molecule has 0 radical (unpaired) electrons. The SMILES string of the molecule is c1coc(-c2noc([C@H]3CCCCN3)n2)c1. The number of hydrogen-bond donors (Lipinski definition) is 1. The maximum atomic E-state index is 5.24. The maximum Gasteiger partial charge on any atom is 0.244 e.